The maximum atomic E-state index is 12.4. The van der Waals surface area contributed by atoms with E-state index in [9.17, 15) is 18.3 Å². The summed E-state index contributed by atoms with van der Waals surface area (Å²) in [6.45, 7) is 0.718. The van der Waals surface area contributed by atoms with Gasteiger partial charge in [-0.3, -0.25) is 0 Å². The molecule has 1 aromatic rings. The topological polar surface area (TPSA) is 20.2 Å². The van der Waals surface area contributed by atoms with Crippen LogP contribution in [0.2, 0.25) is 0 Å². The van der Waals surface area contributed by atoms with E-state index in [2.05, 4.69) is 12.6 Å². The fourth-order valence-corrected chi connectivity index (χ4v) is 1.20. The molecule has 1 aromatic carbocycles. The van der Waals surface area contributed by atoms with Gasteiger partial charge in [-0.2, -0.15) is 13.2 Å². The highest BCUT2D eigenvalue weighted by Gasteiger charge is 2.51. The minimum absolute atomic E-state index is 0.211. The van der Waals surface area contributed by atoms with Gasteiger partial charge in [0.15, 0.2) is 5.60 Å². The molecule has 0 radical (unpaired) electrons. The Bertz CT molecular complexity index is 333. The summed E-state index contributed by atoms with van der Waals surface area (Å²) in [7, 11) is 0. The first kappa shape index (κ1) is 11.4. The average Bonchev–Trinajstić information content (AvgIpc) is 2.02. The quantitative estimate of drug-likeness (QED) is 0.700. The predicted octanol–water partition coefficient (Wildman–Crippen LogP) is 2.75. The van der Waals surface area contributed by atoms with Crippen molar-refractivity contribution in [2.45, 2.75) is 23.6 Å². The lowest BCUT2D eigenvalue weighted by Crippen LogP contribution is -2.39. The van der Waals surface area contributed by atoms with Crippen LogP contribution in [0.15, 0.2) is 29.2 Å². The number of benzene rings is 1. The first-order valence-electron chi connectivity index (χ1n) is 3.84. The molecule has 0 spiro atoms. The Kier molecular flexibility index (Phi) is 2.83. The summed E-state index contributed by atoms with van der Waals surface area (Å²) in [6, 6.07) is 5.36. The number of halogens is 3. The normalized spacial score (nSPS) is 16.4. The number of aliphatic hydroxyl groups is 1. The second kappa shape index (κ2) is 3.47. The molecule has 1 N–H and O–H groups in total. The molecule has 0 heterocycles. The van der Waals surface area contributed by atoms with E-state index in [0.717, 1.165) is 6.92 Å². The second-order valence-corrected chi connectivity index (χ2v) is 3.64. The van der Waals surface area contributed by atoms with E-state index in [4.69, 9.17) is 0 Å². The smallest absolute Gasteiger partial charge is 0.376 e. The van der Waals surface area contributed by atoms with Crippen molar-refractivity contribution >= 4 is 12.6 Å². The molecule has 1 nitrogen and oxygen atoms in total. The van der Waals surface area contributed by atoms with Gasteiger partial charge in [-0.05, 0) is 24.6 Å². The Morgan fingerprint density at radius 3 is 2.29 bits per heavy atom. The summed E-state index contributed by atoms with van der Waals surface area (Å²) < 4.78 is 37.1. The highest BCUT2D eigenvalue weighted by Crippen LogP contribution is 2.38. The summed E-state index contributed by atoms with van der Waals surface area (Å²) in [5, 5.41) is 9.29. The molecule has 0 saturated carbocycles. The number of hydrogen-bond donors (Lipinski definition) is 2. The first-order chi connectivity index (χ1) is 6.25. The van der Waals surface area contributed by atoms with E-state index in [-0.39, 0.29) is 5.56 Å². The van der Waals surface area contributed by atoms with E-state index < -0.39 is 11.8 Å². The van der Waals surface area contributed by atoms with Crippen molar-refractivity contribution < 1.29 is 18.3 Å². The molecule has 5 heteroatoms. The summed E-state index contributed by atoms with van der Waals surface area (Å²) >= 11 is 3.90. The molecule has 0 saturated heterocycles. The highest BCUT2D eigenvalue weighted by molar-refractivity contribution is 7.80. The van der Waals surface area contributed by atoms with Gasteiger partial charge in [-0.15, -0.1) is 12.6 Å². The molecule has 0 aliphatic heterocycles. The molecule has 1 rings (SSSR count). The minimum Gasteiger partial charge on any atom is -0.376 e. The largest absolute Gasteiger partial charge is 0.421 e. The maximum absolute atomic E-state index is 12.4. The number of alkyl halides is 3. The standard InChI is InChI=1S/C9H9F3OS/c1-8(13,9(10,11)12)6-3-2-4-7(14)5-6/h2-5,13-14H,1H3. The average molecular weight is 222 g/mol. The second-order valence-electron chi connectivity index (χ2n) is 3.12. The maximum Gasteiger partial charge on any atom is 0.421 e. The SMILES string of the molecule is CC(O)(c1cccc(S)c1)C(F)(F)F. The zero-order valence-electron chi connectivity index (χ0n) is 7.34. The number of rotatable bonds is 1. The lowest BCUT2D eigenvalue weighted by Gasteiger charge is -2.26. The van der Waals surface area contributed by atoms with Crippen molar-refractivity contribution in [3.8, 4) is 0 Å². The molecule has 0 aromatic heterocycles. The van der Waals surface area contributed by atoms with Crippen LogP contribution in [0.25, 0.3) is 0 Å². The van der Waals surface area contributed by atoms with Crippen LogP contribution in [-0.4, -0.2) is 11.3 Å². The molecule has 0 aliphatic carbocycles. The van der Waals surface area contributed by atoms with Crippen LogP contribution in [0.3, 0.4) is 0 Å². The third kappa shape index (κ3) is 2.04. The molecular weight excluding hydrogens is 213 g/mol. The molecule has 0 amide bonds. The van der Waals surface area contributed by atoms with Crippen molar-refractivity contribution in [1.29, 1.82) is 0 Å². The molecular formula is C9H9F3OS. The fourth-order valence-electron chi connectivity index (χ4n) is 0.972. The highest BCUT2D eigenvalue weighted by atomic mass is 32.1. The lowest BCUT2D eigenvalue weighted by molar-refractivity contribution is -0.258. The molecule has 14 heavy (non-hydrogen) atoms. The van der Waals surface area contributed by atoms with Crippen LogP contribution < -0.4 is 0 Å². The minimum atomic E-state index is -4.69. The van der Waals surface area contributed by atoms with Gasteiger partial charge < -0.3 is 5.11 Å². The van der Waals surface area contributed by atoms with E-state index in [0.29, 0.717) is 4.90 Å². The van der Waals surface area contributed by atoms with E-state index in [1.165, 1.54) is 18.2 Å². The molecule has 1 unspecified atom stereocenters. The van der Waals surface area contributed by atoms with Crippen LogP contribution in [0.5, 0.6) is 0 Å². The Morgan fingerprint density at radius 1 is 1.29 bits per heavy atom. The molecule has 1 atom stereocenters. The van der Waals surface area contributed by atoms with Crippen molar-refractivity contribution in [2.24, 2.45) is 0 Å². The molecule has 0 aliphatic rings. The Hall–Kier alpha value is -0.680. The van der Waals surface area contributed by atoms with E-state index in [1.54, 1.807) is 6.07 Å². The Labute approximate surface area is 85.0 Å². The van der Waals surface area contributed by atoms with E-state index >= 15 is 0 Å². The Morgan fingerprint density at radius 2 is 1.86 bits per heavy atom. The van der Waals surface area contributed by atoms with Crippen molar-refractivity contribution in [1.82, 2.24) is 0 Å². The van der Waals surface area contributed by atoms with Gasteiger partial charge in [0.2, 0.25) is 0 Å². The van der Waals surface area contributed by atoms with Crippen molar-refractivity contribution in [3.05, 3.63) is 29.8 Å². The third-order valence-electron chi connectivity index (χ3n) is 1.96. The van der Waals surface area contributed by atoms with Gasteiger partial charge in [0.05, 0.1) is 0 Å². The van der Waals surface area contributed by atoms with Crippen molar-refractivity contribution in [3.63, 3.8) is 0 Å². The number of thiol groups is 1. The number of hydrogen-bond acceptors (Lipinski definition) is 2. The predicted molar refractivity (Wildman–Crippen MR) is 49.3 cm³/mol. The van der Waals surface area contributed by atoms with Crippen LogP contribution in [0.4, 0.5) is 13.2 Å². The zero-order valence-corrected chi connectivity index (χ0v) is 8.23. The summed E-state index contributed by atoms with van der Waals surface area (Å²) in [5.74, 6) is 0. The molecule has 0 fully saturated rings. The van der Waals surface area contributed by atoms with Gasteiger partial charge in [0, 0.05) is 4.90 Å². The summed E-state index contributed by atoms with van der Waals surface area (Å²) in [5.41, 5.74) is -3.04. The van der Waals surface area contributed by atoms with Crippen molar-refractivity contribution in [2.75, 3.05) is 0 Å². The van der Waals surface area contributed by atoms with Gasteiger partial charge in [-0.1, -0.05) is 12.1 Å². The van der Waals surface area contributed by atoms with E-state index in [1.807, 2.05) is 0 Å². The monoisotopic (exact) mass is 222 g/mol. The van der Waals surface area contributed by atoms with Gasteiger partial charge in [0.1, 0.15) is 0 Å². The zero-order chi connectivity index (χ0) is 11.0. The Balaban J connectivity index is 3.16. The van der Waals surface area contributed by atoms with Gasteiger partial charge >= 0.3 is 6.18 Å². The van der Waals surface area contributed by atoms with Crippen LogP contribution in [-0.2, 0) is 5.60 Å². The molecule has 78 valence electrons. The van der Waals surface area contributed by atoms with Gasteiger partial charge in [0.25, 0.3) is 0 Å². The van der Waals surface area contributed by atoms with Crippen LogP contribution >= 0.6 is 12.6 Å². The van der Waals surface area contributed by atoms with Crippen LogP contribution in [0.1, 0.15) is 12.5 Å². The lowest BCUT2D eigenvalue weighted by atomic mass is 9.96. The third-order valence-corrected chi connectivity index (χ3v) is 2.24. The molecule has 0 bridgehead atoms. The van der Waals surface area contributed by atoms with Crippen LogP contribution in [0, 0.1) is 0 Å². The summed E-state index contributed by atoms with van der Waals surface area (Å²) in [6.07, 6.45) is -4.69. The first-order valence-corrected chi connectivity index (χ1v) is 4.28. The van der Waals surface area contributed by atoms with Gasteiger partial charge in [-0.25, -0.2) is 0 Å². The summed E-state index contributed by atoms with van der Waals surface area (Å²) in [4.78, 5) is 0.382. The fraction of sp³-hybridized carbons (Fsp3) is 0.333.